The molecule has 128 valence electrons. The summed E-state index contributed by atoms with van der Waals surface area (Å²) in [5, 5.41) is 4.69. The van der Waals surface area contributed by atoms with Crippen molar-refractivity contribution in [3.05, 3.63) is 58.7 Å². The van der Waals surface area contributed by atoms with Gasteiger partial charge in [-0.2, -0.15) is 0 Å². The van der Waals surface area contributed by atoms with Crippen molar-refractivity contribution in [3.8, 4) is 5.75 Å². The van der Waals surface area contributed by atoms with Gasteiger partial charge in [-0.25, -0.2) is 4.79 Å². The van der Waals surface area contributed by atoms with Gasteiger partial charge in [0.05, 0.1) is 19.3 Å². The molecule has 1 aromatic heterocycles. The number of amides is 2. The first-order valence-electron chi connectivity index (χ1n) is 8.13. The molecule has 0 radical (unpaired) electrons. The van der Waals surface area contributed by atoms with Gasteiger partial charge in [0.1, 0.15) is 5.75 Å². The summed E-state index contributed by atoms with van der Waals surface area (Å²) in [6.07, 6.45) is 0.833. The van der Waals surface area contributed by atoms with Gasteiger partial charge >= 0.3 is 6.03 Å². The molecule has 3 aromatic rings. The molecule has 1 aliphatic heterocycles. The third-order valence-electron chi connectivity index (χ3n) is 4.57. The maximum atomic E-state index is 12.7. The average Bonchev–Trinajstić information content (AvgIpc) is 2.99. The van der Waals surface area contributed by atoms with Gasteiger partial charge in [-0.05, 0) is 36.2 Å². The molecule has 0 saturated heterocycles. The zero-order valence-corrected chi connectivity index (χ0v) is 14.6. The molecule has 0 saturated carbocycles. The predicted molar refractivity (Wildman–Crippen MR) is 99.4 cm³/mol. The number of H-pyrrole nitrogens is 1. The molecular weight excluding hydrogens is 338 g/mol. The van der Waals surface area contributed by atoms with Gasteiger partial charge < -0.3 is 19.9 Å². The second-order valence-corrected chi connectivity index (χ2v) is 6.51. The van der Waals surface area contributed by atoms with Crippen LogP contribution in [0.1, 0.15) is 11.3 Å². The molecule has 2 heterocycles. The van der Waals surface area contributed by atoms with Gasteiger partial charge in [-0.3, -0.25) is 0 Å². The van der Waals surface area contributed by atoms with Crippen LogP contribution in [-0.4, -0.2) is 29.6 Å². The zero-order chi connectivity index (χ0) is 17.4. The number of aromatic nitrogens is 1. The summed E-state index contributed by atoms with van der Waals surface area (Å²) < 4.78 is 5.29. The Morgan fingerprint density at radius 2 is 2.12 bits per heavy atom. The van der Waals surface area contributed by atoms with Crippen molar-refractivity contribution in [1.82, 2.24) is 9.88 Å². The number of nitrogens with zero attached hydrogens (tertiary/aromatic N) is 1. The Morgan fingerprint density at radius 1 is 1.28 bits per heavy atom. The highest BCUT2D eigenvalue weighted by molar-refractivity contribution is 6.31. The molecule has 4 rings (SSSR count). The van der Waals surface area contributed by atoms with E-state index < -0.39 is 0 Å². The number of nitrogens with one attached hydrogen (secondary N) is 2. The molecule has 1 aliphatic rings. The largest absolute Gasteiger partial charge is 0.495 e. The van der Waals surface area contributed by atoms with E-state index in [2.05, 4.69) is 22.4 Å². The normalized spacial score (nSPS) is 13.6. The van der Waals surface area contributed by atoms with Crippen LogP contribution in [0.25, 0.3) is 10.9 Å². The fourth-order valence-electron chi connectivity index (χ4n) is 3.34. The van der Waals surface area contributed by atoms with Crippen molar-refractivity contribution >= 4 is 34.2 Å². The Balaban J connectivity index is 1.55. The van der Waals surface area contributed by atoms with Crippen molar-refractivity contribution in [1.29, 1.82) is 0 Å². The number of ether oxygens (including phenoxy) is 1. The maximum absolute atomic E-state index is 12.7. The number of methoxy groups -OCH3 is 1. The number of halogens is 1. The molecular formula is C19H18ClN3O2. The Bertz CT molecular complexity index is 951. The standard InChI is InChI=1S/C19H18ClN3O2/c1-25-18-7-6-12(20)10-16(18)22-19(24)23-9-8-14-13-4-2-3-5-15(13)21-17(14)11-23/h2-7,10,21H,8-9,11H2,1H3,(H,22,24). The SMILES string of the molecule is COc1ccc(Cl)cc1NC(=O)N1CCc2c([nH]c3ccccc23)C1. The molecule has 6 heteroatoms. The van der Waals surface area contributed by atoms with E-state index in [0.29, 0.717) is 29.5 Å². The quantitative estimate of drug-likeness (QED) is 0.715. The lowest BCUT2D eigenvalue weighted by Crippen LogP contribution is -2.38. The van der Waals surface area contributed by atoms with E-state index in [-0.39, 0.29) is 6.03 Å². The molecule has 0 unspecified atom stereocenters. The molecule has 0 atom stereocenters. The highest BCUT2D eigenvalue weighted by Gasteiger charge is 2.24. The summed E-state index contributed by atoms with van der Waals surface area (Å²) in [5.74, 6) is 0.584. The lowest BCUT2D eigenvalue weighted by atomic mass is 10.0. The number of anilines is 1. The number of hydrogen-bond acceptors (Lipinski definition) is 2. The smallest absolute Gasteiger partial charge is 0.322 e. The number of aromatic amines is 1. The van der Waals surface area contributed by atoms with Crippen molar-refractivity contribution in [2.45, 2.75) is 13.0 Å². The second-order valence-electron chi connectivity index (χ2n) is 6.07. The van der Waals surface area contributed by atoms with Gasteiger partial charge in [0, 0.05) is 28.2 Å². The van der Waals surface area contributed by atoms with Crippen LogP contribution in [0.2, 0.25) is 5.02 Å². The van der Waals surface area contributed by atoms with Crippen LogP contribution in [0.5, 0.6) is 5.75 Å². The minimum Gasteiger partial charge on any atom is -0.495 e. The van der Waals surface area contributed by atoms with Gasteiger partial charge in [0.15, 0.2) is 0 Å². The number of para-hydroxylation sites is 1. The van der Waals surface area contributed by atoms with Crippen LogP contribution in [0, 0.1) is 0 Å². The molecule has 2 N–H and O–H groups in total. The highest BCUT2D eigenvalue weighted by atomic mass is 35.5. The van der Waals surface area contributed by atoms with E-state index in [4.69, 9.17) is 16.3 Å². The topological polar surface area (TPSA) is 57.4 Å². The number of rotatable bonds is 2. The first-order valence-corrected chi connectivity index (χ1v) is 8.51. The highest BCUT2D eigenvalue weighted by Crippen LogP contribution is 2.30. The number of urea groups is 1. The van der Waals surface area contributed by atoms with E-state index >= 15 is 0 Å². The number of fused-ring (bicyclic) bond motifs is 3. The predicted octanol–water partition coefficient (Wildman–Crippen LogP) is 4.42. The summed E-state index contributed by atoms with van der Waals surface area (Å²) in [6, 6.07) is 13.2. The van der Waals surface area contributed by atoms with Crippen LogP contribution in [-0.2, 0) is 13.0 Å². The lowest BCUT2D eigenvalue weighted by Gasteiger charge is -2.27. The maximum Gasteiger partial charge on any atom is 0.322 e. The van der Waals surface area contributed by atoms with E-state index in [0.717, 1.165) is 17.6 Å². The minimum atomic E-state index is -0.162. The van der Waals surface area contributed by atoms with E-state index in [1.807, 2.05) is 12.1 Å². The van der Waals surface area contributed by atoms with Gasteiger partial charge in [0.25, 0.3) is 0 Å². The Morgan fingerprint density at radius 3 is 2.96 bits per heavy atom. The average molecular weight is 356 g/mol. The number of carbonyl (C=O) groups is 1. The third-order valence-corrected chi connectivity index (χ3v) is 4.81. The fraction of sp³-hybridized carbons (Fsp3) is 0.211. The van der Waals surface area contributed by atoms with E-state index in [9.17, 15) is 4.79 Å². The Hall–Kier alpha value is -2.66. The monoisotopic (exact) mass is 355 g/mol. The number of benzene rings is 2. The summed E-state index contributed by atoms with van der Waals surface area (Å²) in [5.41, 5.74) is 4.09. The van der Waals surface area contributed by atoms with Gasteiger partial charge in [0.2, 0.25) is 0 Å². The number of hydrogen-bond donors (Lipinski definition) is 2. The third kappa shape index (κ3) is 2.91. The van der Waals surface area contributed by atoms with Crippen molar-refractivity contribution < 1.29 is 9.53 Å². The van der Waals surface area contributed by atoms with Crippen molar-refractivity contribution in [2.24, 2.45) is 0 Å². The molecule has 25 heavy (non-hydrogen) atoms. The molecule has 0 bridgehead atoms. The Kier molecular flexibility index (Phi) is 4.01. The summed E-state index contributed by atoms with van der Waals surface area (Å²) in [6.45, 7) is 1.22. The van der Waals surface area contributed by atoms with Crippen LogP contribution >= 0.6 is 11.6 Å². The fourth-order valence-corrected chi connectivity index (χ4v) is 3.51. The van der Waals surface area contributed by atoms with Crippen molar-refractivity contribution in [3.63, 3.8) is 0 Å². The number of carbonyl (C=O) groups excluding carboxylic acids is 1. The summed E-state index contributed by atoms with van der Waals surface area (Å²) in [4.78, 5) is 17.9. The van der Waals surface area contributed by atoms with Gasteiger partial charge in [-0.15, -0.1) is 0 Å². The Labute approximate surface area is 150 Å². The molecule has 2 amide bonds. The van der Waals surface area contributed by atoms with Crippen LogP contribution < -0.4 is 10.1 Å². The lowest BCUT2D eigenvalue weighted by molar-refractivity contribution is 0.205. The molecule has 0 fully saturated rings. The molecule has 5 nitrogen and oxygen atoms in total. The first kappa shape index (κ1) is 15.8. The van der Waals surface area contributed by atoms with Gasteiger partial charge in [-0.1, -0.05) is 29.8 Å². The summed E-state index contributed by atoms with van der Waals surface area (Å²) >= 11 is 6.03. The van der Waals surface area contributed by atoms with Crippen LogP contribution in [0.4, 0.5) is 10.5 Å². The molecule has 2 aromatic carbocycles. The minimum absolute atomic E-state index is 0.162. The van der Waals surface area contributed by atoms with E-state index in [1.165, 1.54) is 10.9 Å². The zero-order valence-electron chi connectivity index (χ0n) is 13.8. The van der Waals surface area contributed by atoms with E-state index in [1.54, 1.807) is 30.2 Å². The second kappa shape index (κ2) is 6.33. The molecule has 0 spiro atoms. The first-order chi connectivity index (χ1) is 12.2. The van der Waals surface area contributed by atoms with Crippen molar-refractivity contribution in [2.75, 3.05) is 19.0 Å². The summed E-state index contributed by atoms with van der Waals surface area (Å²) in [7, 11) is 1.57. The van der Waals surface area contributed by atoms with Crippen LogP contribution in [0.15, 0.2) is 42.5 Å². The van der Waals surface area contributed by atoms with Crippen LogP contribution in [0.3, 0.4) is 0 Å². The molecule has 0 aliphatic carbocycles.